The highest BCUT2D eigenvalue weighted by atomic mass is 35.5. The molecule has 2 rings (SSSR count). The molecular formula is C17H19ClO4. The summed E-state index contributed by atoms with van der Waals surface area (Å²) < 4.78 is 0. The van der Waals surface area contributed by atoms with Gasteiger partial charge < -0.3 is 10.2 Å². The molecule has 0 amide bonds. The van der Waals surface area contributed by atoms with Gasteiger partial charge in [-0.15, -0.1) is 11.6 Å². The van der Waals surface area contributed by atoms with E-state index in [-0.39, 0.29) is 0 Å². The zero-order valence-electron chi connectivity index (χ0n) is 12.5. The number of carboxylic acids is 2. The molecule has 0 radical (unpaired) electrons. The highest BCUT2D eigenvalue weighted by molar-refractivity contribution is 6.24. The molecule has 0 aromatic heterocycles. The molecule has 1 aliphatic rings. The van der Waals surface area contributed by atoms with Gasteiger partial charge in [0, 0.05) is 0 Å². The normalized spacial score (nSPS) is 34.3. The summed E-state index contributed by atoms with van der Waals surface area (Å²) in [6.07, 6.45) is 3.45. The van der Waals surface area contributed by atoms with E-state index in [1.165, 1.54) is 13.0 Å². The monoisotopic (exact) mass is 322 g/mol. The van der Waals surface area contributed by atoms with Crippen LogP contribution in [0.3, 0.4) is 0 Å². The SMILES string of the molecule is CCC1C(C(=O)O)(c2ccccc2)C=CC(Cl)C1(C)C(=O)O. The minimum Gasteiger partial charge on any atom is -0.481 e. The number of carboxylic acid groups (broad SMARTS) is 2. The lowest BCUT2D eigenvalue weighted by Gasteiger charge is -2.48. The van der Waals surface area contributed by atoms with Gasteiger partial charge in [-0.25, -0.2) is 0 Å². The van der Waals surface area contributed by atoms with Crippen LogP contribution in [0.2, 0.25) is 0 Å². The zero-order valence-corrected chi connectivity index (χ0v) is 13.2. The summed E-state index contributed by atoms with van der Waals surface area (Å²) in [5.74, 6) is -2.80. The Morgan fingerprint density at radius 1 is 1.18 bits per heavy atom. The van der Waals surface area contributed by atoms with E-state index in [1.807, 2.05) is 0 Å². The van der Waals surface area contributed by atoms with Crippen molar-refractivity contribution in [1.82, 2.24) is 0 Å². The number of halogens is 1. The fourth-order valence-electron chi connectivity index (χ4n) is 3.59. The van der Waals surface area contributed by atoms with Crippen LogP contribution in [0, 0.1) is 11.3 Å². The molecule has 0 fully saturated rings. The van der Waals surface area contributed by atoms with Crippen LogP contribution in [0.1, 0.15) is 25.8 Å². The van der Waals surface area contributed by atoms with E-state index >= 15 is 0 Å². The largest absolute Gasteiger partial charge is 0.481 e. The first-order valence-corrected chi connectivity index (χ1v) is 7.61. The lowest BCUT2D eigenvalue weighted by molar-refractivity contribution is -0.158. The van der Waals surface area contributed by atoms with Crippen LogP contribution >= 0.6 is 11.6 Å². The summed E-state index contributed by atoms with van der Waals surface area (Å²) in [7, 11) is 0. The minimum absolute atomic E-state index is 0.386. The van der Waals surface area contributed by atoms with Crippen molar-refractivity contribution in [3.63, 3.8) is 0 Å². The lowest BCUT2D eigenvalue weighted by Crippen LogP contribution is -2.57. The molecule has 5 heteroatoms. The molecule has 4 unspecified atom stereocenters. The summed E-state index contributed by atoms with van der Waals surface area (Å²) in [4.78, 5) is 24.1. The Labute approximate surface area is 134 Å². The van der Waals surface area contributed by atoms with E-state index in [9.17, 15) is 19.8 Å². The van der Waals surface area contributed by atoms with E-state index < -0.39 is 34.1 Å². The Morgan fingerprint density at radius 3 is 2.23 bits per heavy atom. The second-order valence-electron chi connectivity index (χ2n) is 5.85. The maximum atomic E-state index is 12.2. The molecular weight excluding hydrogens is 304 g/mol. The molecule has 2 N–H and O–H groups in total. The van der Waals surface area contributed by atoms with Crippen molar-refractivity contribution in [2.24, 2.45) is 11.3 Å². The van der Waals surface area contributed by atoms with Gasteiger partial charge in [0.15, 0.2) is 0 Å². The molecule has 1 aromatic rings. The zero-order chi connectivity index (χ0) is 16.5. The Balaban J connectivity index is 2.76. The van der Waals surface area contributed by atoms with Crippen molar-refractivity contribution < 1.29 is 19.8 Å². The first kappa shape index (κ1) is 16.6. The number of benzene rings is 1. The van der Waals surface area contributed by atoms with Crippen molar-refractivity contribution >= 4 is 23.5 Å². The average molecular weight is 323 g/mol. The molecule has 1 aliphatic carbocycles. The molecule has 0 saturated carbocycles. The van der Waals surface area contributed by atoms with Gasteiger partial charge in [0.2, 0.25) is 0 Å². The smallest absolute Gasteiger partial charge is 0.318 e. The first-order chi connectivity index (χ1) is 10.3. The van der Waals surface area contributed by atoms with Crippen LogP contribution in [-0.4, -0.2) is 27.5 Å². The molecule has 1 aromatic carbocycles. The van der Waals surface area contributed by atoms with Crippen LogP contribution in [0.4, 0.5) is 0 Å². The molecule has 0 saturated heterocycles. The number of rotatable bonds is 4. The quantitative estimate of drug-likeness (QED) is 0.659. The van der Waals surface area contributed by atoms with Gasteiger partial charge in [-0.1, -0.05) is 55.8 Å². The van der Waals surface area contributed by atoms with Crippen LogP contribution in [0.5, 0.6) is 0 Å². The maximum absolute atomic E-state index is 12.2. The van der Waals surface area contributed by atoms with Gasteiger partial charge in [0.05, 0.1) is 10.8 Å². The molecule has 118 valence electrons. The molecule has 0 bridgehead atoms. The predicted octanol–water partition coefficient (Wildman–Crippen LogP) is 3.30. The predicted molar refractivity (Wildman–Crippen MR) is 84.1 cm³/mol. The number of aliphatic carboxylic acids is 2. The number of hydrogen-bond acceptors (Lipinski definition) is 2. The topological polar surface area (TPSA) is 74.6 Å². The third kappa shape index (κ3) is 2.13. The Hall–Kier alpha value is -1.81. The van der Waals surface area contributed by atoms with E-state index in [2.05, 4.69) is 0 Å². The number of hydrogen-bond donors (Lipinski definition) is 2. The van der Waals surface area contributed by atoms with Crippen molar-refractivity contribution in [1.29, 1.82) is 0 Å². The van der Waals surface area contributed by atoms with Gasteiger partial charge in [0.1, 0.15) is 5.41 Å². The minimum atomic E-state index is -1.39. The standard InChI is InChI=1S/C17H19ClO4/c1-3-12-16(2,14(19)20)13(18)9-10-17(12,15(21)22)11-7-5-4-6-8-11/h4-10,12-13H,3H2,1-2H3,(H,19,20)(H,21,22). The van der Waals surface area contributed by atoms with Crippen molar-refractivity contribution in [3.8, 4) is 0 Å². The maximum Gasteiger partial charge on any atom is 0.318 e. The molecule has 0 heterocycles. The molecule has 4 atom stereocenters. The molecule has 0 aliphatic heterocycles. The van der Waals surface area contributed by atoms with Crippen LogP contribution < -0.4 is 0 Å². The van der Waals surface area contributed by atoms with E-state index in [0.29, 0.717) is 12.0 Å². The average Bonchev–Trinajstić information content (AvgIpc) is 2.50. The van der Waals surface area contributed by atoms with Crippen molar-refractivity contribution in [2.45, 2.75) is 31.1 Å². The number of allylic oxidation sites excluding steroid dienone is 1. The lowest BCUT2D eigenvalue weighted by atomic mass is 9.54. The summed E-state index contributed by atoms with van der Waals surface area (Å²) in [5.41, 5.74) is -2.19. The van der Waals surface area contributed by atoms with E-state index in [4.69, 9.17) is 11.6 Å². The second kappa shape index (κ2) is 5.76. The Kier molecular flexibility index (Phi) is 4.34. The third-order valence-corrected chi connectivity index (χ3v) is 5.45. The third-order valence-electron chi connectivity index (χ3n) is 4.85. The van der Waals surface area contributed by atoms with Gasteiger partial charge >= 0.3 is 11.9 Å². The van der Waals surface area contributed by atoms with Crippen LogP contribution in [0.25, 0.3) is 0 Å². The van der Waals surface area contributed by atoms with Gasteiger partial charge in [-0.3, -0.25) is 9.59 Å². The fourth-order valence-corrected chi connectivity index (χ4v) is 3.90. The Morgan fingerprint density at radius 2 is 1.77 bits per heavy atom. The summed E-state index contributed by atoms with van der Waals surface area (Å²) >= 11 is 6.25. The molecule has 4 nitrogen and oxygen atoms in total. The summed E-state index contributed by atoms with van der Waals surface area (Å²) in [5, 5.41) is 18.9. The molecule has 22 heavy (non-hydrogen) atoms. The Bertz CT molecular complexity index is 612. The van der Waals surface area contributed by atoms with Gasteiger partial charge in [0.25, 0.3) is 0 Å². The molecule has 0 spiro atoms. The number of carbonyl (C=O) groups is 2. The van der Waals surface area contributed by atoms with Crippen molar-refractivity contribution in [2.75, 3.05) is 0 Å². The van der Waals surface area contributed by atoms with Crippen molar-refractivity contribution in [3.05, 3.63) is 48.0 Å². The van der Waals surface area contributed by atoms with Gasteiger partial charge in [-0.2, -0.15) is 0 Å². The second-order valence-corrected chi connectivity index (χ2v) is 6.32. The number of alkyl halides is 1. The van der Waals surface area contributed by atoms with E-state index in [0.717, 1.165) is 0 Å². The van der Waals surface area contributed by atoms with Gasteiger partial charge in [-0.05, 0) is 18.4 Å². The fraction of sp³-hybridized carbons (Fsp3) is 0.412. The highest BCUT2D eigenvalue weighted by Crippen LogP contribution is 2.53. The first-order valence-electron chi connectivity index (χ1n) is 7.17. The van der Waals surface area contributed by atoms with Crippen LogP contribution in [0.15, 0.2) is 42.5 Å². The van der Waals surface area contributed by atoms with Crippen LogP contribution in [-0.2, 0) is 15.0 Å². The highest BCUT2D eigenvalue weighted by Gasteiger charge is 2.60. The van der Waals surface area contributed by atoms with E-state index in [1.54, 1.807) is 43.3 Å². The summed E-state index contributed by atoms with van der Waals surface area (Å²) in [6.45, 7) is 3.33. The summed E-state index contributed by atoms with van der Waals surface area (Å²) in [6, 6.07) is 8.75.